The van der Waals surface area contributed by atoms with Crippen LogP contribution in [0.15, 0.2) is 53.9 Å². The van der Waals surface area contributed by atoms with Crippen molar-refractivity contribution in [3.8, 4) is 16.3 Å². The van der Waals surface area contributed by atoms with E-state index < -0.39 is 17.6 Å². The summed E-state index contributed by atoms with van der Waals surface area (Å²) in [7, 11) is 0. The molecule has 1 heterocycles. The van der Waals surface area contributed by atoms with Gasteiger partial charge in [0.1, 0.15) is 17.4 Å². The standard InChI is InChI=1S/C18H13F3N2O2S/c19-18(20,21)13-5-1-12(2-6-13)17-23-14(10-26-17)9-25-15-7-3-11(4-8-15)16(22)24/h1-8,10H,9H2,(H2,22,24). The lowest BCUT2D eigenvalue weighted by atomic mass is 10.1. The molecule has 2 N–H and O–H groups in total. The van der Waals surface area contributed by atoms with Crippen molar-refractivity contribution >= 4 is 17.2 Å². The van der Waals surface area contributed by atoms with E-state index >= 15 is 0 Å². The Morgan fingerprint density at radius 1 is 1.08 bits per heavy atom. The molecule has 0 radical (unpaired) electrons. The quantitative estimate of drug-likeness (QED) is 0.711. The van der Waals surface area contributed by atoms with Crippen LogP contribution in [0.5, 0.6) is 5.75 Å². The zero-order chi connectivity index (χ0) is 18.7. The summed E-state index contributed by atoms with van der Waals surface area (Å²) in [6.45, 7) is 0.201. The molecule has 0 unspecified atom stereocenters. The van der Waals surface area contributed by atoms with Gasteiger partial charge in [-0.3, -0.25) is 4.79 Å². The number of primary amides is 1. The second-order valence-corrected chi connectivity index (χ2v) is 6.25. The van der Waals surface area contributed by atoms with E-state index in [0.717, 1.165) is 12.1 Å². The van der Waals surface area contributed by atoms with Gasteiger partial charge in [-0.2, -0.15) is 13.2 Å². The highest BCUT2D eigenvalue weighted by atomic mass is 32.1. The maximum absolute atomic E-state index is 12.6. The number of carbonyl (C=O) groups is 1. The van der Waals surface area contributed by atoms with Gasteiger partial charge in [0.25, 0.3) is 0 Å². The number of alkyl halides is 3. The van der Waals surface area contributed by atoms with Gasteiger partial charge in [0, 0.05) is 16.5 Å². The van der Waals surface area contributed by atoms with Gasteiger partial charge >= 0.3 is 6.18 Å². The van der Waals surface area contributed by atoms with Crippen molar-refractivity contribution in [1.82, 2.24) is 4.98 Å². The van der Waals surface area contributed by atoms with E-state index in [4.69, 9.17) is 10.5 Å². The number of benzene rings is 2. The Hall–Kier alpha value is -2.87. The van der Waals surface area contributed by atoms with Crippen LogP contribution in [0.2, 0.25) is 0 Å². The van der Waals surface area contributed by atoms with Crippen LogP contribution in [-0.4, -0.2) is 10.9 Å². The van der Waals surface area contributed by atoms with Crippen molar-refractivity contribution in [3.63, 3.8) is 0 Å². The van der Waals surface area contributed by atoms with Crippen molar-refractivity contribution in [2.24, 2.45) is 5.73 Å². The van der Waals surface area contributed by atoms with Gasteiger partial charge in [-0.05, 0) is 36.4 Å². The van der Waals surface area contributed by atoms with Gasteiger partial charge in [0.15, 0.2) is 0 Å². The van der Waals surface area contributed by atoms with Gasteiger partial charge in [0.2, 0.25) is 5.91 Å². The molecule has 3 aromatic rings. The molecule has 3 rings (SSSR count). The Kier molecular flexibility index (Phi) is 4.94. The summed E-state index contributed by atoms with van der Waals surface area (Å²) in [6, 6.07) is 11.2. The Bertz CT molecular complexity index is 903. The topological polar surface area (TPSA) is 65.2 Å². The first-order valence-corrected chi connectivity index (χ1v) is 8.35. The number of nitrogens with two attached hydrogens (primary N) is 1. The first kappa shape index (κ1) is 17.9. The highest BCUT2D eigenvalue weighted by Gasteiger charge is 2.30. The second-order valence-electron chi connectivity index (χ2n) is 5.40. The predicted octanol–water partition coefficient (Wildman–Crippen LogP) is 4.51. The largest absolute Gasteiger partial charge is 0.487 e. The first-order chi connectivity index (χ1) is 12.3. The van der Waals surface area contributed by atoms with Crippen molar-refractivity contribution < 1.29 is 22.7 Å². The lowest BCUT2D eigenvalue weighted by Crippen LogP contribution is -2.10. The molecule has 0 saturated carbocycles. The Balaban J connectivity index is 1.65. The van der Waals surface area contributed by atoms with E-state index in [0.29, 0.717) is 27.6 Å². The molecule has 0 aliphatic heterocycles. The summed E-state index contributed by atoms with van der Waals surface area (Å²) in [6.07, 6.45) is -4.36. The number of hydrogen-bond acceptors (Lipinski definition) is 4. The third kappa shape index (κ3) is 4.20. The number of amides is 1. The Morgan fingerprint density at radius 2 is 1.73 bits per heavy atom. The van der Waals surface area contributed by atoms with Crippen LogP contribution >= 0.6 is 11.3 Å². The van der Waals surface area contributed by atoms with Crippen LogP contribution < -0.4 is 10.5 Å². The number of halogens is 3. The fourth-order valence-electron chi connectivity index (χ4n) is 2.18. The van der Waals surface area contributed by atoms with Gasteiger partial charge in [-0.25, -0.2) is 4.98 Å². The van der Waals surface area contributed by atoms with Crippen LogP contribution in [0.1, 0.15) is 21.6 Å². The fraction of sp³-hybridized carbons (Fsp3) is 0.111. The maximum atomic E-state index is 12.6. The minimum atomic E-state index is -4.36. The molecule has 26 heavy (non-hydrogen) atoms. The van der Waals surface area contributed by atoms with Crippen LogP contribution in [-0.2, 0) is 12.8 Å². The monoisotopic (exact) mass is 378 g/mol. The summed E-state index contributed by atoms with van der Waals surface area (Å²) in [5.41, 5.74) is 6.13. The summed E-state index contributed by atoms with van der Waals surface area (Å²) < 4.78 is 43.4. The summed E-state index contributed by atoms with van der Waals surface area (Å²) in [4.78, 5) is 15.4. The van der Waals surface area contributed by atoms with E-state index in [1.807, 2.05) is 0 Å². The van der Waals surface area contributed by atoms with E-state index in [2.05, 4.69) is 4.98 Å². The number of thiazole rings is 1. The van der Waals surface area contributed by atoms with Gasteiger partial charge in [0.05, 0.1) is 11.3 Å². The zero-order valence-corrected chi connectivity index (χ0v) is 14.1. The summed E-state index contributed by atoms with van der Waals surface area (Å²) >= 11 is 1.32. The predicted molar refractivity (Wildman–Crippen MR) is 91.8 cm³/mol. The molecule has 1 aromatic heterocycles. The van der Waals surface area contributed by atoms with Gasteiger partial charge < -0.3 is 10.5 Å². The van der Waals surface area contributed by atoms with Crippen LogP contribution in [0.3, 0.4) is 0 Å². The number of ether oxygens (including phenoxy) is 1. The zero-order valence-electron chi connectivity index (χ0n) is 13.3. The molecule has 0 fully saturated rings. The normalized spacial score (nSPS) is 11.3. The molecule has 0 saturated heterocycles. The molecule has 4 nitrogen and oxygen atoms in total. The summed E-state index contributed by atoms with van der Waals surface area (Å²) in [5, 5.41) is 2.39. The number of hydrogen-bond donors (Lipinski definition) is 1. The van der Waals surface area contributed by atoms with E-state index in [1.165, 1.54) is 23.5 Å². The molecule has 0 atom stereocenters. The molecular weight excluding hydrogens is 365 g/mol. The molecular formula is C18H13F3N2O2S. The molecule has 0 bridgehead atoms. The van der Waals surface area contributed by atoms with Crippen molar-refractivity contribution in [1.29, 1.82) is 0 Å². The molecule has 0 aliphatic rings. The summed E-state index contributed by atoms with van der Waals surface area (Å²) in [5.74, 6) is 0.0383. The van der Waals surface area contributed by atoms with Crippen molar-refractivity contribution in [3.05, 3.63) is 70.7 Å². The van der Waals surface area contributed by atoms with E-state index in [9.17, 15) is 18.0 Å². The van der Waals surface area contributed by atoms with Crippen LogP contribution in [0, 0.1) is 0 Å². The minimum Gasteiger partial charge on any atom is -0.487 e. The maximum Gasteiger partial charge on any atom is 0.416 e. The van der Waals surface area contributed by atoms with Gasteiger partial charge in [-0.15, -0.1) is 11.3 Å². The second kappa shape index (κ2) is 7.17. The lowest BCUT2D eigenvalue weighted by molar-refractivity contribution is -0.137. The Morgan fingerprint density at radius 3 is 2.31 bits per heavy atom. The van der Waals surface area contributed by atoms with Crippen LogP contribution in [0.25, 0.3) is 10.6 Å². The average Bonchev–Trinajstić information content (AvgIpc) is 3.09. The lowest BCUT2D eigenvalue weighted by Gasteiger charge is -2.06. The van der Waals surface area contributed by atoms with E-state index in [-0.39, 0.29) is 6.61 Å². The number of aromatic nitrogens is 1. The average molecular weight is 378 g/mol. The van der Waals surface area contributed by atoms with Gasteiger partial charge in [-0.1, -0.05) is 12.1 Å². The first-order valence-electron chi connectivity index (χ1n) is 7.47. The molecule has 0 aliphatic carbocycles. The Labute approximate surface area is 151 Å². The highest BCUT2D eigenvalue weighted by Crippen LogP contribution is 2.31. The molecule has 0 spiro atoms. The molecule has 1 amide bonds. The third-order valence-electron chi connectivity index (χ3n) is 3.54. The highest BCUT2D eigenvalue weighted by molar-refractivity contribution is 7.13. The minimum absolute atomic E-state index is 0.201. The SMILES string of the molecule is NC(=O)c1ccc(OCc2csc(-c3ccc(C(F)(F)F)cc3)n2)cc1. The number of carbonyl (C=O) groups excluding carboxylic acids is 1. The van der Waals surface area contributed by atoms with Crippen LogP contribution in [0.4, 0.5) is 13.2 Å². The number of rotatable bonds is 5. The molecule has 134 valence electrons. The smallest absolute Gasteiger partial charge is 0.416 e. The molecule has 8 heteroatoms. The fourth-order valence-corrected chi connectivity index (χ4v) is 2.99. The number of nitrogens with zero attached hydrogens (tertiary/aromatic N) is 1. The van der Waals surface area contributed by atoms with Crippen molar-refractivity contribution in [2.45, 2.75) is 12.8 Å². The van der Waals surface area contributed by atoms with Crippen molar-refractivity contribution in [2.75, 3.05) is 0 Å². The molecule has 2 aromatic carbocycles. The van der Waals surface area contributed by atoms with E-state index in [1.54, 1.807) is 29.6 Å². The third-order valence-corrected chi connectivity index (χ3v) is 4.48.